The number of nitrogens with zero attached hydrogens (tertiary/aromatic N) is 4. The van der Waals surface area contributed by atoms with Crippen LogP contribution in [0.2, 0.25) is 0 Å². The SMILES string of the molecule is Cc1ccc(-c2nn3ccn(CC#N)c(=O)c3c2CO)cc1. The molecule has 0 fully saturated rings. The number of aryl methyl sites for hydroxylation is 1. The first-order chi connectivity index (χ1) is 10.7. The maximum atomic E-state index is 12.4. The lowest BCUT2D eigenvalue weighted by molar-refractivity contribution is 0.283. The average Bonchev–Trinajstić information content (AvgIpc) is 2.90. The van der Waals surface area contributed by atoms with E-state index in [1.165, 1.54) is 15.3 Å². The topological polar surface area (TPSA) is 83.3 Å². The van der Waals surface area contributed by atoms with Gasteiger partial charge in [-0.15, -0.1) is 0 Å². The molecule has 2 heterocycles. The highest BCUT2D eigenvalue weighted by molar-refractivity contribution is 5.72. The van der Waals surface area contributed by atoms with Crippen molar-refractivity contribution in [3.05, 3.63) is 58.1 Å². The van der Waals surface area contributed by atoms with E-state index in [2.05, 4.69) is 5.10 Å². The Bertz CT molecular complexity index is 930. The molecule has 3 rings (SSSR count). The normalized spacial score (nSPS) is 10.8. The van der Waals surface area contributed by atoms with Crippen LogP contribution in [0.25, 0.3) is 16.8 Å². The Morgan fingerprint density at radius 1 is 1.27 bits per heavy atom. The molecule has 22 heavy (non-hydrogen) atoms. The van der Waals surface area contributed by atoms with Crippen LogP contribution in [-0.2, 0) is 13.2 Å². The molecule has 0 aliphatic heterocycles. The number of nitriles is 1. The predicted octanol–water partition coefficient (Wildman–Crippen LogP) is 1.49. The summed E-state index contributed by atoms with van der Waals surface area (Å²) in [5, 5.41) is 22.9. The first kappa shape index (κ1) is 14.0. The predicted molar refractivity (Wildman–Crippen MR) is 81.2 cm³/mol. The Balaban J connectivity index is 2.29. The third-order valence-electron chi connectivity index (χ3n) is 3.58. The molecule has 110 valence electrons. The summed E-state index contributed by atoms with van der Waals surface area (Å²) in [5.41, 5.74) is 2.98. The molecule has 6 nitrogen and oxygen atoms in total. The lowest BCUT2D eigenvalue weighted by atomic mass is 10.1. The van der Waals surface area contributed by atoms with Gasteiger partial charge in [-0.1, -0.05) is 29.8 Å². The van der Waals surface area contributed by atoms with Gasteiger partial charge in [-0.2, -0.15) is 10.4 Å². The van der Waals surface area contributed by atoms with Crippen molar-refractivity contribution in [3.63, 3.8) is 0 Å². The van der Waals surface area contributed by atoms with Crippen LogP contribution in [0.1, 0.15) is 11.1 Å². The number of aromatic nitrogens is 3. The minimum atomic E-state index is -0.334. The smallest absolute Gasteiger partial charge is 0.277 e. The van der Waals surface area contributed by atoms with Crippen molar-refractivity contribution in [1.82, 2.24) is 14.2 Å². The molecule has 0 saturated carbocycles. The molecule has 3 aromatic rings. The second-order valence-corrected chi connectivity index (χ2v) is 5.03. The van der Waals surface area contributed by atoms with E-state index in [1.54, 1.807) is 6.20 Å². The quantitative estimate of drug-likeness (QED) is 0.793. The molecule has 1 aromatic carbocycles. The Morgan fingerprint density at radius 2 is 2.00 bits per heavy atom. The second kappa shape index (κ2) is 5.47. The molecule has 2 aromatic heterocycles. The molecule has 0 spiro atoms. The molecule has 0 atom stereocenters. The fraction of sp³-hybridized carbons (Fsp3) is 0.188. The van der Waals surface area contributed by atoms with Crippen molar-refractivity contribution in [2.24, 2.45) is 0 Å². The fourth-order valence-corrected chi connectivity index (χ4v) is 2.44. The van der Waals surface area contributed by atoms with Gasteiger partial charge in [0.05, 0.1) is 18.4 Å². The van der Waals surface area contributed by atoms with Crippen molar-refractivity contribution >= 4 is 5.52 Å². The molecule has 1 N–H and O–H groups in total. The van der Waals surface area contributed by atoms with Gasteiger partial charge in [0.15, 0.2) is 0 Å². The van der Waals surface area contributed by atoms with E-state index in [0.717, 1.165) is 11.1 Å². The molecule has 6 heteroatoms. The maximum Gasteiger partial charge on any atom is 0.277 e. The van der Waals surface area contributed by atoms with Crippen LogP contribution < -0.4 is 5.56 Å². The Hall–Kier alpha value is -2.91. The molecule has 0 bridgehead atoms. The van der Waals surface area contributed by atoms with Gasteiger partial charge < -0.3 is 5.11 Å². The second-order valence-electron chi connectivity index (χ2n) is 5.03. The molecule has 0 amide bonds. The zero-order chi connectivity index (χ0) is 15.7. The number of aliphatic hydroxyl groups is 1. The van der Waals surface area contributed by atoms with Crippen molar-refractivity contribution in [2.45, 2.75) is 20.1 Å². The Morgan fingerprint density at radius 3 is 2.64 bits per heavy atom. The van der Waals surface area contributed by atoms with Crippen LogP contribution in [0, 0.1) is 18.3 Å². The summed E-state index contributed by atoms with van der Waals surface area (Å²) in [5.74, 6) is 0. The zero-order valence-electron chi connectivity index (χ0n) is 12.0. The maximum absolute atomic E-state index is 12.4. The first-order valence-corrected chi connectivity index (χ1v) is 6.81. The molecule has 0 aliphatic rings. The highest BCUT2D eigenvalue weighted by Crippen LogP contribution is 2.25. The van der Waals surface area contributed by atoms with E-state index in [0.29, 0.717) is 16.8 Å². The standard InChI is InChI=1S/C16H14N4O2/c1-11-2-4-12(5-3-11)14-13(10-21)15-16(22)19(7-6-17)8-9-20(15)18-14/h2-5,8-9,21H,7,10H2,1H3. The molecule has 0 radical (unpaired) electrons. The average molecular weight is 294 g/mol. The lowest BCUT2D eigenvalue weighted by Gasteiger charge is -2.02. The van der Waals surface area contributed by atoms with Gasteiger partial charge in [-0.25, -0.2) is 4.52 Å². The molecule has 0 aliphatic carbocycles. The van der Waals surface area contributed by atoms with E-state index < -0.39 is 0 Å². The molecule has 0 unspecified atom stereocenters. The van der Waals surface area contributed by atoms with Gasteiger partial charge in [0.1, 0.15) is 12.1 Å². The molecular formula is C16H14N4O2. The highest BCUT2D eigenvalue weighted by Gasteiger charge is 2.17. The van der Waals surface area contributed by atoms with Gasteiger partial charge in [-0.3, -0.25) is 9.36 Å². The van der Waals surface area contributed by atoms with Crippen LogP contribution >= 0.6 is 0 Å². The Kier molecular flexibility index (Phi) is 3.49. The van der Waals surface area contributed by atoms with Gasteiger partial charge in [-0.05, 0) is 6.92 Å². The largest absolute Gasteiger partial charge is 0.392 e. The van der Waals surface area contributed by atoms with E-state index in [9.17, 15) is 9.90 Å². The van der Waals surface area contributed by atoms with Crippen molar-refractivity contribution in [3.8, 4) is 17.3 Å². The highest BCUT2D eigenvalue weighted by atomic mass is 16.3. The van der Waals surface area contributed by atoms with Gasteiger partial charge in [0.2, 0.25) is 0 Å². The summed E-state index contributed by atoms with van der Waals surface area (Å²) in [6.45, 7) is 1.66. The molecule has 0 saturated heterocycles. The summed E-state index contributed by atoms with van der Waals surface area (Å²) < 4.78 is 2.76. The van der Waals surface area contributed by atoms with Crippen LogP contribution in [0.3, 0.4) is 0 Å². The van der Waals surface area contributed by atoms with E-state index in [1.807, 2.05) is 37.3 Å². The summed E-state index contributed by atoms with van der Waals surface area (Å²) in [6.07, 6.45) is 3.14. The summed E-state index contributed by atoms with van der Waals surface area (Å²) in [6, 6.07) is 9.66. The minimum Gasteiger partial charge on any atom is -0.392 e. The zero-order valence-corrected chi connectivity index (χ0v) is 12.0. The summed E-state index contributed by atoms with van der Waals surface area (Å²) in [7, 11) is 0. The number of aliphatic hydroxyl groups excluding tert-OH is 1. The summed E-state index contributed by atoms with van der Waals surface area (Å²) >= 11 is 0. The first-order valence-electron chi connectivity index (χ1n) is 6.81. The minimum absolute atomic E-state index is 0.0365. The van der Waals surface area contributed by atoms with E-state index in [-0.39, 0.29) is 18.7 Å². The number of rotatable bonds is 3. The van der Waals surface area contributed by atoms with Crippen molar-refractivity contribution in [1.29, 1.82) is 5.26 Å². The number of hydrogen-bond acceptors (Lipinski definition) is 4. The van der Waals surface area contributed by atoms with Crippen LogP contribution in [-0.4, -0.2) is 19.3 Å². The Labute approximate surface area is 126 Å². The monoisotopic (exact) mass is 294 g/mol. The van der Waals surface area contributed by atoms with E-state index >= 15 is 0 Å². The van der Waals surface area contributed by atoms with Crippen LogP contribution in [0.4, 0.5) is 0 Å². The van der Waals surface area contributed by atoms with Gasteiger partial charge in [0, 0.05) is 23.5 Å². The van der Waals surface area contributed by atoms with E-state index in [4.69, 9.17) is 5.26 Å². The number of hydrogen-bond donors (Lipinski definition) is 1. The fourth-order valence-electron chi connectivity index (χ4n) is 2.44. The third kappa shape index (κ3) is 2.18. The number of fused-ring (bicyclic) bond motifs is 1. The van der Waals surface area contributed by atoms with Crippen LogP contribution in [0.5, 0.6) is 0 Å². The van der Waals surface area contributed by atoms with Crippen LogP contribution in [0.15, 0.2) is 41.5 Å². The molecular weight excluding hydrogens is 280 g/mol. The van der Waals surface area contributed by atoms with Crippen molar-refractivity contribution < 1.29 is 5.11 Å². The van der Waals surface area contributed by atoms with Crippen molar-refractivity contribution in [2.75, 3.05) is 0 Å². The third-order valence-corrected chi connectivity index (χ3v) is 3.58. The lowest BCUT2D eigenvalue weighted by Crippen LogP contribution is -2.21. The summed E-state index contributed by atoms with van der Waals surface area (Å²) in [4.78, 5) is 12.4. The van der Waals surface area contributed by atoms with Gasteiger partial charge in [0.25, 0.3) is 5.56 Å². The number of benzene rings is 1. The van der Waals surface area contributed by atoms with Gasteiger partial charge >= 0.3 is 0 Å².